The van der Waals surface area contributed by atoms with E-state index < -0.39 is 23.6 Å². The number of para-hydroxylation sites is 2. The van der Waals surface area contributed by atoms with Crippen LogP contribution >= 0.6 is 0 Å². The number of urea groups is 1. The molecular weight excluding hydrogens is 464 g/mol. The van der Waals surface area contributed by atoms with Gasteiger partial charge in [0.05, 0.1) is 16.8 Å². The van der Waals surface area contributed by atoms with Crippen molar-refractivity contribution in [1.82, 2.24) is 9.80 Å². The number of carbonyl (C=O) groups is 1. The number of benzene rings is 3. The molecule has 1 saturated heterocycles. The molecule has 0 aliphatic carbocycles. The molecule has 5 rings (SSSR count). The number of fused-ring (bicyclic) bond motifs is 2. The summed E-state index contributed by atoms with van der Waals surface area (Å²) in [5.74, 6) is 0.640. The van der Waals surface area contributed by atoms with E-state index in [9.17, 15) is 22.4 Å². The van der Waals surface area contributed by atoms with Crippen LogP contribution in [0.5, 0.6) is 11.5 Å². The Morgan fingerprint density at radius 2 is 1.63 bits per heavy atom. The van der Waals surface area contributed by atoms with Crippen LogP contribution in [0.4, 0.5) is 33.7 Å². The van der Waals surface area contributed by atoms with Crippen LogP contribution in [0.15, 0.2) is 71.7 Å². The van der Waals surface area contributed by atoms with E-state index in [0.29, 0.717) is 43.3 Å². The lowest BCUT2D eigenvalue weighted by Gasteiger charge is -2.36. The third kappa shape index (κ3) is 4.64. The fraction of sp³-hybridized carbons (Fsp3) is 0.200. The zero-order valence-electron chi connectivity index (χ0n) is 18.3. The highest BCUT2D eigenvalue weighted by Crippen LogP contribution is 2.41. The molecule has 3 aromatic rings. The number of carbonyl (C=O) groups excluding carboxylic acids is 1. The van der Waals surface area contributed by atoms with Gasteiger partial charge in [-0.3, -0.25) is 0 Å². The summed E-state index contributed by atoms with van der Waals surface area (Å²) in [5, 5.41) is 2.57. The van der Waals surface area contributed by atoms with Gasteiger partial charge in [-0.1, -0.05) is 24.3 Å². The van der Waals surface area contributed by atoms with Crippen LogP contribution in [0, 0.1) is 5.82 Å². The lowest BCUT2D eigenvalue weighted by atomic mass is 10.1. The van der Waals surface area contributed by atoms with Crippen LogP contribution in [-0.2, 0) is 6.18 Å². The predicted molar refractivity (Wildman–Crippen MR) is 123 cm³/mol. The van der Waals surface area contributed by atoms with Crippen LogP contribution in [0.25, 0.3) is 0 Å². The normalized spacial score (nSPS) is 15.4. The van der Waals surface area contributed by atoms with Crippen molar-refractivity contribution in [1.29, 1.82) is 0 Å². The van der Waals surface area contributed by atoms with Gasteiger partial charge in [-0.05, 0) is 42.5 Å². The molecule has 2 aliphatic heterocycles. The van der Waals surface area contributed by atoms with Gasteiger partial charge in [0.25, 0.3) is 0 Å². The van der Waals surface area contributed by atoms with Gasteiger partial charge >= 0.3 is 12.2 Å². The summed E-state index contributed by atoms with van der Waals surface area (Å²) in [7, 11) is 0. The molecule has 0 saturated carbocycles. The molecular formula is C25H20F4N4O2. The number of nitrogens with one attached hydrogen (secondary N) is 1. The first-order valence-corrected chi connectivity index (χ1v) is 10.9. The number of hydrogen-bond donors (Lipinski definition) is 1. The van der Waals surface area contributed by atoms with Gasteiger partial charge in [-0.25, -0.2) is 14.2 Å². The molecule has 3 aromatic carbocycles. The van der Waals surface area contributed by atoms with E-state index in [1.165, 1.54) is 24.3 Å². The first-order chi connectivity index (χ1) is 16.8. The summed E-state index contributed by atoms with van der Waals surface area (Å²) in [6, 6.07) is 15.8. The van der Waals surface area contributed by atoms with Crippen LogP contribution in [0.1, 0.15) is 11.1 Å². The highest BCUT2D eigenvalue weighted by molar-refractivity contribution is 6.04. The average Bonchev–Trinajstić information content (AvgIpc) is 3.01. The molecule has 1 N–H and O–H groups in total. The monoisotopic (exact) mass is 484 g/mol. The summed E-state index contributed by atoms with van der Waals surface area (Å²) < 4.78 is 59.7. The van der Waals surface area contributed by atoms with Crippen molar-refractivity contribution in [3.63, 3.8) is 0 Å². The van der Waals surface area contributed by atoms with Crippen LogP contribution in [0.3, 0.4) is 0 Å². The first-order valence-electron chi connectivity index (χ1n) is 10.9. The van der Waals surface area contributed by atoms with E-state index in [1.54, 1.807) is 35.2 Å². The van der Waals surface area contributed by atoms with Crippen molar-refractivity contribution in [3.05, 3.63) is 83.7 Å². The molecule has 6 nitrogen and oxygen atoms in total. The van der Waals surface area contributed by atoms with Crippen molar-refractivity contribution in [2.45, 2.75) is 6.18 Å². The van der Waals surface area contributed by atoms with Gasteiger partial charge in [0.15, 0.2) is 5.75 Å². The number of nitrogens with zero attached hydrogens (tertiary/aromatic N) is 3. The summed E-state index contributed by atoms with van der Waals surface area (Å²) in [4.78, 5) is 20.7. The van der Waals surface area contributed by atoms with E-state index in [-0.39, 0.29) is 17.1 Å². The van der Waals surface area contributed by atoms with Crippen LogP contribution in [0.2, 0.25) is 0 Å². The largest absolute Gasteiger partial charge is 0.454 e. The number of amidine groups is 1. The molecule has 2 aliphatic rings. The summed E-state index contributed by atoms with van der Waals surface area (Å²) >= 11 is 0. The quantitative estimate of drug-likeness (QED) is 0.439. The van der Waals surface area contributed by atoms with Crippen molar-refractivity contribution in [2.24, 2.45) is 4.99 Å². The second kappa shape index (κ2) is 8.94. The molecule has 0 spiro atoms. The summed E-state index contributed by atoms with van der Waals surface area (Å²) in [6.07, 6.45) is -4.51. The lowest BCUT2D eigenvalue weighted by Crippen LogP contribution is -2.51. The van der Waals surface area contributed by atoms with Crippen molar-refractivity contribution < 1.29 is 27.1 Å². The van der Waals surface area contributed by atoms with Crippen molar-refractivity contribution in [3.8, 4) is 11.5 Å². The SMILES string of the molecule is O=C(Nc1ccccc1F)N1CCN(C2=Nc3cc(C(F)(F)F)ccc3Oc3ccccc32)CC1. The molecule has 0 aromatic heterocycles. The number of hydrogen-bond acceptors (Lipinski definition) is 4. The molecule has 10 heteroatoms. The molecule has 0 bridgehead atoms. The summed E-state index contributed by atoms with van der Waals surface area (Å²) in [5.41, 5.74) is -0.00738. The number of ether oxygens (including phenoxy) is 1. The Morgan fingerprint density at radius 1 is 0.914 bits per heavy atom. The number of rotatable bonds is 1. The van der Waals surface area contributed by atoms with Gasteiger partial charge in [-0.15, -0.1) is 0 Å². The van der Waals surface area contributed by atoms with E-state index >= 15 is 0 Å². The number of amides is 2. The highest BCUT2D eigenvalue weighted by atomic mass is 19.4. The van der Waals surface area contributed by atoms with E-state index in [0.717, 1.165) is 12.1 Å². The fourth-order valence-corrected chi connectivity index (χ4v) is 4.02. The number of piperazine rings is 1. The topological polar surface area (TPSA) is 57.2 Å². The molecule has 2 amide bonds. The van der Waals surface area contributed by atoms with Crippen LogP contribution < -0.4 is 10.1 Å². The Morgan fingerprint density at radius 3 is 2.37 bits per heavy atom. The van der Waals surface area contributed by atoms with Crippen LogP contribution in [-0.4, -0.2) is 47.8 Å². The van der Waals surface area contributed by atoms with Gasteiger partial charge in [0.2, 0.25) is 0 Å². The number of alkyl halides is 3. The first kappa shape index (κ1) is 22.7. The minimum Gasteiger partial charge on any atom is -0.454 e. The third-order valence-electron chi connectivity index (χ3n) is 5.84. The fourth-order valence-electron chi connectivity index (χ4n) is 4.02. The molecule has 2 heterocycles. The number of anilines is 1. The maximum Gasteiger partial charge on any atom is 0.416 e. The minimum atomic E-state index is -4.51. The van der Waals surface area contributed by atoms with Gasteiger partial charge in [0.1, 0.15) is 23.1 Å². The highest BCUT2D eigenvalue weighted by Gasteiger charge is 2.33. The molecule has 1 fully saturated rings. The Hall–Kier alpha value is -4.08. The molecule has 0 atom stereocenters. The maximum absolute atomic E-state index is 13.9. The lowest BCUT2D eigenvalue weighted by molar-refractivity contribution is -0.137. The van der Waals surface area contributed by atoms with Gasteiger partial charge in [-0.2, -0.15) is 13.2 Å². The molecule has 180 valence electrons. The zero-order chi connectivity index (χ0) is 24.6. The van der Waals surface area contributed by atoms with Gasteiger partial charge in [0, 0.05) is 26.2 Å². The smallest absolute Gasteiger partial charge is 0.416 e. The molecule has 0 radical (unpaired) electrons. The summed E-state index contributed by atoms with van der Waals surface area (Å²) in [6.45, 7) is 1.40. The second-order valence-corrected chi connectivity index (χ2v) is 8.10. The number of halogens is 4. The third-order valence-corrected chi connectivity index (χ3v) is 5.84. The zero-order valence-corrected chi connectivity index (χ0v) is 18.3. The molecule has 35 heavy (non-hydrogen) atoms. The second-order valence-electron chi connectivity index (χ2n) is 8.10. The van der Waals surface area contributed by atoms with E-state index in [4.69, 9.17) is 4.74 Å². The van der Waals surface area contributed by atoms with E-state index in [1.807, 2.05) is 4.90 Å². The Kier molecular flexibility index (Phi) is 5.80. The standard InChI is InChI=1S/C25H20F4N4O2/c26-18-6-2-3-7-19(18)31-24(34)33-13-11-32(12-14-33)23-17-5-1-4-8-21(17)35-22-10-9-16(25(27,28)29)15-20(22)30-23/h1-10,15H,11-14H2,(H,31,34). The Bertz CT molecular complexity index is 1300. The van der Waals surface area contributed by atoms with Crippen molar-refractivity contribution in [2.75, 3.05) is 31.5 Å². The maximum atomic E-state index is 13.9. The minimum absolute atomic E-state index is 0.0748. The average molecular weight is 484 g/mol. The Balaban J connectivity index is 1.39. The Labute approximate surface area is 198 Å². The predicted octanol–water partition coefficient (Wildman–Crippen LogP) is 5.88. The number of aliphatic imine (C=N–C) groups is 1. The molecule has 0 unspecified atom stereocenters. The van der Waals surface area contributed by atoms with Gasteiger partial charge < -0.3 is 19.9 Å². The van der Waals surface area contributed by atoms with Crippen molar-refractivity contribution >= 4 is 23.2 Å². The van der Waals surface area contributed by atoms with E-state index in [2.05, 4.69) is 10.3 Å².